The maximum absolute atomic E-state index is 13.1. The third-order valence-electron chi connectivity index (χ3n) is 5.68. The van der Waals surface area contributed by atoms with Crippen molar-refractivity contribution in [3.63, 3.8) is 0 Å². The molecule has 0 amide bonds. The van der Waals surface area contributed by atoms with E-state index in [9.17, 15) is 31.1 Å². The number of oxime groups is 1. The van der Waals surface area contributed by atoms with Crippen LogP contribution < -0.4 is 9.47 Å². The van der Waals surface area contributed by atoms with Gasteiger partial charge >= 0.3 is 18.3 Å². The Morgan fingerprint density at radius 3 is 2.19 bits per heavy atom. The molecule has 0 spiro atoms. The topological polar surface area (TPSA) is 70.0 Å². The molecule has 0 saturated heterocycles. The van der Waals surface area contributed by atoms with Gasteiger partial charge in [-0.05, 0) is 58.2 Å². The van der Waals surface area contributed by atoms with E-state index in [-0.39, 0.29) is 12.7 Å². The van der Waals surface area contributed by atoms with E-state index in [1.54, 1.807) is 20.8 Å². The molecule has 1 heterocycles. The fourth-order valence-corrected chi connectivity index (χ4v) is 3.78. The number of carbonyl (C=O) groups excluding carboxylic acids is 1. The lowest BCUT2D eigenvalue weighted by Gasteiger charge is -2.18. The summed E-state index contributed by atoms with van der Waals surface area (Å²) < 4.78 is 89.7. The van der Waals surface area contributed by atoms with Gasteiger partial charge in [-0.3, -0.25) is 9.78 Å². The average Bonchev–Trinajstić information content (AvgIpc) is 3.19. The molecule has 1 fully saturated rings. The Balaban J connectivity index is 1.82. The van der Waals surface area contributed by atoms with Gasteiger partial charge in [0.25, 0.3) is 0 Å². The Kier molecular flexibility index (Phi) is 7.85. The van der Waals surface area contributed by atoms with Crippen molar-refractivity contribution in [2.24, 2.45) is 5.16 Å². The molecule has 1 aromatic heterocycles. The minimum absolute atomic E-state index is 0.0419. The monoisotopic (exact) mass is 518 g/mol. The van der Waals surface area contributed by atoms with E-state index >= 15 is 0 Å². The molecule has 0 aliphatic heterocycles. The lowest BCUT2D eigenvalue weighted by atomic mass is 10.1. The number of aromatic nitrogens is 1. The van der Waals surface area contributed by atoms with Crippen molar-refractivity contribution in [1.82, 2.24) is 4.98 Å². The summed E-state index contributed by atoms with van der Waals surface area (Å²) in [5.41, 5.74) is -0.231. The molecule has 1 unspecified atom stereocenters. The summed E-state index contributed by atoms with van der Waals surface area (Å²) in [6, 6.07) is 1.10. The number of halogens is 6. The van der Waals surface area contributed by atoms with Gasteiger partial charge in [0, 0.05) is 23.9 Å². The molecule has 2 aromatic rings. The summed E-state index contributed by atoms with van der Waals surface area (Å²) in [6.07, 6.45) is -9.54. The largest absolute Gasteiger partial charge is 0.484 e. The molecule has 1 aromatic carbocycles. The molecule has 0 bridgehead atoms. The van der Waals surface area contributed by atoms with Crippen LogP contribution in [0.1, 0.15) is 59.8 Å². The number of hydrogen-bond donors (Lipinski definition) is 0. The first-order valence-electron chi connectivity index (χ1n) is 11.0. The number of pyridine rings is 1. The Morgan fingerprint density at radius 1 is 1.03 bits per heavy atom. The number of aryl methyl sites for hydroxylation is 2. The molecule has 3 rings (SSSR count). The Bertz CT molecular complexity index is 1140. The first-order chi connectivity index (χ1) is 16.7. The zero-order chi connectivity index (χ0) is 26.8. The van der Waals surface area contributed by atoms with Crippen molar-refractivity contribution in [3.05, 3.63) is 51.8 Å². The van der Waals surface area contributed by atoms with Crippen LogP contribution in [0, 0.1) is 20.8 Å². The van der Waals surface area contributed by atoms with Crippen LogP contribution in [0.3, 0.4) is 0 Å². The number of nitrogens with zero attached hydrogens (tertiary/aromatic N) is 2. The van der Waals surface area contributed by atoms with E-state index in [1.807, 2.05) is 0 Å². The number of esters is 1. The summed E-state index contributed by atoms with van der Waals surface area (Å²) in [5.74, 6) is -0.794. The minimum Gasteiger partial charge on any atom is -0.484 e. The molecule has 0 N–H and O–H groups in total. The zero-order valence-corrected chi connectivity index (χ0v) is 19.9. The average molecular weight is 518 g/mol. The molecular formula is C24H24F6N2O4. The van der Waals surface area contributed by atoms with Crippen molar-refractivity contribution in [2.45, 2.75) is 72.0 Å². The van der Waals surface area contributed by atoms with E-state index in [1.165, 1.54) is 6.92 Å². The minimum atomic E-state index is -4.98. The summed E-state index contributed by atoms with van der Waals surface area (Å²) in [5, 5.41) is 4.03. The second-order valence-corrected chi connectivity index (χ2v) is 8.41. The van der Waals surface area contributed by atoms with E-state index in [2.05, 4.69) is 10.1 Å². The number of rotatable bonds is 6. The van der Waals surface area contributed by atoms with Gasteiger partial charge in [-0.25, -0.2) is 0 Å². The molecule has 36 heavy (non-hydrogen) atoms. The zero-order valence-electron chi connectivity index (χ0n) is 19.9. The summed E-state index contributed by atoms with van der Waals surface area (Å²) in [6.45, 7) is 6.34. The van der Waals surface area contributed by atoms with E-state index in [4.69, 9.17) is 14.3 Å². The molecule has 1 atom stereocenters. The standard InChI is InChI=1S/C24H24F6N2O4/c1-12-13(2)31-14(3)19(22(12)35-15(4)33)11-34-32-20-6-5-7-21(20)36-18-9-16(23(25,26)27)8-17(10-18)24(28,29)30/h8-10,21H,5-7,11H2,1-4H3/b32-20+. The van der Waals surface area contributed by atoms with Gasteiger partial charge < -0.3 is 14.3 Å². The second kappa shape index (κ2) is 10.4. The summed E-state index contributed by atoms with van der Waals surface area (Å²) in [7, 11) is 0. The van der Waals surface area contributed by atoms with Crippen LogP contribution in [0.4, 0.5) is 26.3 Å². The predicted octanol–water partition coefficient (Wildman–Crippen LogP) is 6.47. The quantitative estimate of drug-likeness (QED) is 0.249. The van der Waals surface area contributed by atoms with Crippen LogP contribution in [-0.4, -0.2) is 22.8 Å². The summed E-state index contributed by atoms with van der Waals surface area (Å²) >= 11 is 0. The molecular weight excluding hydrogens is 494 g/mol. The Hall–Kier alpha value is -3.31. The maximum Gasteiger partial charge on any atom is 0.416 e. The first-order valence-corrected chi connectivity index (χ1v) is 11.0. The van der Waals surface area contributed by atoms with Gasteiger partial charge in [-0.15, -0.1) is 0 Å². The maximum atomic E-state index is 13.1. The van der Waals surface area contributed by atoms with Crippen molar-refractivity contribution >= 4 is 11.7 Å². The lowest BCUT2D eigenvalue weighted by Crippen LogP contribution is -2.22. The van der Waals surface area contributed by atoms with Gasteiger partial charge in [-0.1, -0.05) is 5.16 Å². The van der Waals surface area contributed by atoms with Crippen molar-refractivity contribution in [1.29, 1.82) is 0 Å². The van der Waals surface area contributed by atoms with Gasteiger partial charge in [-0.2, -0.15) is 26.3 Å². The molecule has 6 nitrogen and oxygen atoms in total. The highest BCUT2D eigenvalue weighted by molar-refractivity contribution is 5.90. The number of carbonyl (C=O) groups is 1. The van der Waals surface area contributed by atoms with Gasteiger partial charge in [0.1, 0.15) is 24.2 Å². The van der Waals surface area contributed by atoms with Gasteiger partial charge in [0.2, 0.25) is 0 Å². The molecule has 12 heteroatoms. The fourth-order valence-electron chi connectivity index (χ4n) is 3.78. The number of benzene rings is 1. The van der Waals surface area contributed by atoms with Crippen LogP contribution in [0.25, 0.3) is 0 Å². The Morgan fingerprint density at radius 2 is 1.64 bits per heavy atom. The van der Waals surface area contributed by atoms with Crippen LogP contribution in [0.2, 0.25) is 0 Å². The van der Waals surface area contributed by atoms with Crippen LogP contribution in [-0.2, 0) is 28.6 Å². The highest BCUT2D eigenvalue weighted by Crippen LogP contribution is 2.39. The summed E-state index contributed by atoms with van der Waals surface area (Å²) in [4.78, 5) is 21.4. The normalized spacial score (nSPS) is 17.4. The third-order valence-corrected chi connectivity index (χ3v) is 5.68. The van der Waals surface area contributed by atoms with Crippen LogP contribution in [0.15, 0.2) is 23.4 Å². The number of hydrogen-bond acceptors (Lipinski definition) is 6. The van der Waals surface area contributed by atoms with Crippen LogP contribution >= 0.6 is 0 Å². The van der Waals surface area contributed by atoms with Crippen molar-refractivity contribution < 1.29 is 45.4 Å². The number of alkyl halides is 6. The smallest absolute Gasteiger partial charge is 0.416 e. The van der Waals surface area contributed by atoms with Crippen LogP contribution in [0.5, 0.6) is 11.5 Å². The third kappa shape index (κ3) is 6.46. The fraction of sp³-hybridized carbons (Fsp3) is 0.458. The SMILES string of the molecule is CC(=O)Oc1c(C)c(C)nc(C)c1CO/N=C1\CCCC1Oc1cc(C(F)(F)F)cc(C(F)(F)F)c1. The van der Waals surface area contributed by atoms with Gasteiger partial charge in [0.15, 0.2) is 0 Å². The Labute approximate surface area is 203 Å². The molecule has 1 saturated carbocycles. The van der Waals surface area contributed by atoms with Gasteiger partial charge in [0.05, 0.1) is 22.4 Å². The highest BCUT2D eigenvalue weighted by atomic mass is 19.4. The lowest BCUT2D eigenvalue weighted by molar-refractivity contribution is -0.143. The highest BCUT2D eigenvalue weighted by Gasteiger charge is 2.38. The second-order valence-electron chi connectivity index (χ2n) is 8.41. The molecule has 1 aliphatic carbocycles. The predicted molar refractivity (Wildman–Crippen MR) is 117 cm³/mol. The molecule has 1 aliphatic rings. The van der Waals surface area contributed by atoms with E-state index < -0.39 is 41.3 Å². The first kappa shape index (κ1) is 27.3. The van der Waals surface area contributed by atoms with E-state index in [0.717, 1.165) is 0 Å². The van der Waals surface area contributed by atoms with Crippen molar-refractivity contribution in [3.8, 4) is 11.5 Å². The molecule has 0 radical (unpaired) electrons. The molecule has 196 valence electrons. The van der Waals surface area contributed by atoms with Crippen molar-refractivity contribution in [2.75, 3.05) is 0 Å². The van der Waals surface area contributed by atoms with E-state index in [0.29, 0.717) is 65.4 Å². The number of ether oxygens (including phenoxy) is 2.